The van der Waals surface area contributed by atoms with Gasteiger partial charge in [0.1, 0.15) is 11.3 Å². The van der Waals surface area contributed by atoms with Crippen molar-refractivity contribution in [2.75, 3.05) is 16.4 Å². The van der Waals surface area contributed by atoms with E-state index >= 15 is 0 Å². The largest absolute Gasteiger partial charge is 0.439 e. The van der Waals surface area contributed by atoms with Gasteiger partial charge in [0.2, 0.25) is 5.88 Å². The standard InChI is InChI=1S/C23H20N8O3/c1-2-31-18-12-19(25-13-17(18)28-22(31)20-21(24)30-34-29-20)33-16-10-6-9-15(11-16)27-23(32)26-14-7-4-3-5-8-14/h3-13H,2H2,1H3,(H2,24,30)(H2,26,27,32). The highest BCUT2D eigenvalue weighted by Crippen LogP contribution is 2.29. The predicted molar refractivity (Wildman–Crippen MR) is 127 cm³/mol. The Morgan fingerprint density at radius 1 is 1.06 bits per heavy atom. The number of anilines is 3. The first kappa shape index (κ1) is 20.9. The minimum atomic E-state index is -0.358. The Balaban J connectivity index is 1.36. The normalized spacial score (nSPS) is 10.9. The summed E-state index contributed by atoms with van der Waals surface area (Å²) in [4.78, 5) is 21.2. The Kier molecular flexibility index (Phi) is 5.48. The van der Waals surface area contributed by atoms with Crippen LogP contribution in [0.25, 0.3) is 22.6 Å². The maximum atomic E-state index is 12.3. The number of nitrogens with zero attached hydrogens (tertiary/aromatic N) is 5. The third kappa shape index (κ3) is 4.21. The molecule has 0 spiro atoms. The first-order chi connectivity index (χ1) is 16.6. The molecule has 11 heteroatoms. The van der Waals surface area contributed by atoms with Crippen molar-refractivity contribution in [2.45, 2.75) is 13.5 Å². The van der Waals surface area contributed by atoms with Crippen LogP contribution in [0.15, 0.2) is 71.5 Å². The number of rotatable bonds is 6. The van der Waals surface area contributed by atoms with Crippen molar-refractivity contribution in [3.05, 3.63) is 66.9 Å². The van der Waals surface area contributed by atoms with E-state index < -0.39 is 0 Å². The number of aromatic nitrogens is 5. The summed E-state index contributed by atoms with van der Waals surface area (Å²) >= 11 is 0. The fourth-order valence-corrected chi connectivity index (χ4v) is 3.49. The molecule has 11 nitrogen and oxygen atoms in total. The molecule has 0 saturated heterocycles. The summed E-state index contributed by atoms with van der Waals surface area (Å²) in [6.45, 7) is 2.59. The van der Waals surface area contributed by atoms with Crippen molar-refractivity contribution >= 4 is 34.3 Å². The van der Waals surface area contributed by atoms with Crippen LogP contribution in [0.3, 0.4) is 0 Å². The van der Waals surface area contributed by atoms with Crippen molar-refractivity contribution in [2.24, 2.45) is 0 Å². The lowest BCUT2D eigenvalue weighted by Crippen LogP contribution is -2.19. The molecule has 0 radical (unpaired) electrons. The van der Waals surface area contributed by atoms with Crippen LogP contribution in [0.5, 0.6) is 11.6 Å². The molecular weight excluding hydrogens is 436 g/mol. The number of urea groups is 1. The average molecular weight is 456 g/mol. The molecule has 3 aromatic heterocycles. The van der Waals surface area contributed by atoms with Crippen LogP contribution in [-0.4, -0.2) is 30.9 Å². The second-order valence-corrected chi connectivity index (χ2v) is 7.26. The number of pyridine rings is 1. The molecule has 0 atom stereocenters. The third-order valence-electron chi connectivity index (χ3n) is 5.00. The van der Waals surface area contributed by atoms with E-state index in [1.165, 1.54) is 0 Å². The second kappa shape index (κ2) is 8.90. The Morgan fingerprint density at radius 2 is 1.85 bits per heavy atom. The van der Waals surface area contributed by atoms with Gasteiger partial charge in [-0.1, -0.05) is 24.3 Å². The molecule has 5 aromatic rings. The Labute approximate surface area is 193 Å². The number of aryl methyl sites for hydroxylation is 1. The molecule has 34 heavy (non-hydrogen) atoms. The number of carbonyl (C=O) groups excluding carboxylic acids is 1. The maximum Gasteiger partial charge on any atom is 0.323 e. The van der Waals surface area contributed by atoms with Gasteiger partial charge in [-0.2, -0.15) is 0 Å². The van der Waals surface area contributed by atoms with Crippen molar-refractivity contribution in [1.82, 2.24) is 24.8 Å². The Bertz CT molecular complexity index is 1460. The zero-order valence-corrected chi connectivity index (χ0v) is 18.1. The molecule has 0 unspecified atom stereocenters. The highest BCUT2D eigenvalue weighted by atomic mass is 16.6. The van der Waals surface area contributed by atoms with E-state index in [4.69, 9.17) is 15.1 Å². The predicted octanol–water partition coefficient (Wildman–Crippen LogP) is 4.52. The van der Waals surface area contributed by atoms with E-state index in [9.17, 15) is 4.79 Å². The van der Waals surface area contributed by atoms with E-state index in [2.05, 4.69) is 30.9 Å². The van der Waals surface area contributed by atoms with Crippen molar-refractivity contribution < 1.29 is 14.2 Å². The van der Waals surface area contributed by atoms with Crippen LogP contribution in [0.1, 0.15) is 6.92 Å². The number of carbonyl (C=O) groups is 1. The molecule has 170 valence electrons. The lowest BCUT2D eigenvalue weighted by atomic mass is 10.3. The Morgan fingerprint density at radius 3 is 2.62 bits per heavy atom. The summed E-state index contributed by atoms with van der Waals surface area (Å²) in [6, 6.07) is 17.6. The molecule has 0 aliphatic rings. The molecule has 4 N–H and O–H groups in total. The number of hydrogen-bond donors (Lipinski definition) is 3. The second-order valence-electron chi connectivity index (χ2n) is 7.26. The van der Waals surface area contributed by atoms with Crippen LogP contribution < -0.4 is 21.1 Å². The molecule has 0 saturated carbocycles. The number of imidazole rings is 1. The molecule has 0 aliphatic carbocycles. The van der Waals surface area contributed by atoms with Gasteiger partial charge in [0.05, 0.1) is 11.7 Å². The smallest absolute Gasteiger partial charge is 0.323 e. The van der Waals surface area contributed by atoms with Crippen LogP contribution in [-0.2, 0) is 6.54 Å². The SMILES string of the molecule is CCn1c(-c2nonc2N)nc2cnc(Oc3cccc(NC(=O)Nc4ccccc4)c3)cc21. The highest BCUT2D eigenvalue weighted by molar-refractivity contribution is 5.99. The summed E-state index contributed by atoms with van der Waals surface area (Å²) < 4.78 is 12.6. The van der Waals surface area contributed by atoms with E-state index in [1.54, 1.807) is 48.7 Å². The van der Waals surface area contributed by atoms with E-state index in [0.717, 1.165) is 5.52 Å². The number of para-hydroxylation sites is 1. The number of nitrogens with one attached hydrogen (secondary N) is 2. The van der Waals surface area contributed by atoms with Crippen molar-refractivity contribution in [1.29, 1.82) is 0 Å². The molecule has 0 fully saturated rings. The summed E-state index contributed by atoms with van der Waals surface area (Å²) in [5.74, 6) is 1.57. The molecule has 5 rings (SSSR count). The molecule has 0 aliphatic heterocycles. The molecule has 3 heterocycles. The Hall–Kier alpha value is -4.93. The molecule has 2 aromatic carbocycles. The average Bonchev–Trinajstić information content (AvgIpc) is 3.42. The fraction of sp³-hybridized carbons (Fsp3) is 0.0870. The van der Waals surface area contributed by atoms with Gasteiger partial charge in [0.25, 0.3) is 0 Å². The van der Waals surface area contributed by atoms with Gasteiger partial charge < -0.3 is 25.7 Å². The molecule has 0 bridgehead atoms. The number of benzene rings is 2. The number of fused-ring (bicyclic) bond motifs is 1. The lowest BCUT2D eigenvalue weighted by molar-refractivity contribution is 0.262. The van der Waals surface area contributed by atoms with Gasteiger partial charge in [-0.15, -0.1) is 0 Å². The van der Waals surface area contributed by atoms with Crippen molar-refractivity contribution in [3.63, 3.8) is 0 Å². The van der Waals surface area contributed by atoms with E-state index in [0.29, 0.717) is 46.6 Å². The fourth-order valence-electron chi connectivity index (χ4n) is 3.49. The molecular formula is C23H20N8O3. The van der Waals surface area contributed by atoms with Crippen LogP contribution in [0.4, 0.5) is 22.0 Å². The first-order valence-corrected chi connectivity index (χ1v) is 10.5. The zero-order valence-electron chi connectivity index (χ0n) is 18.1. The zero-order chi connectivity index (χ0) is 23.5. The van der Waals surface area contributed by atoms with Gasteiger partial charge in [0, 0.05) is 30.1 Å². The number of hydrogen-bond acceptors (Lipinski definition) is 8. The summed E-state index contributed by atoms with van der Waals surface area (Å²) in [5.41, 5.74) is 8.93. The quantitative estimate of drug-likeness (QED) is 0.338. The van der Waals surface area contributed by atoms with Gasteiger partial charge in [-0.3, -0.25) is 0 Å². The monoisotopic (exact) mass is 456 g/mol. The van der Waals surface area contributed by atoms with E-state index in [1.807, 2.05) is 29.7 Å². The minimum Gasteiger partial charge on any atom is -0.439 e. The van der Waals surface area contributed by atoms with Gasteiger partial charge >= 0.3 is 6.03 Å². The topological polar surface area (TPSA) is 146 Å². The van der Waals surface area contributed by atoms with Gasteiger partial charge in [-0.25, -0.2) is 19.4 Å². The maximum absolute atomic E-state index is 12.3. The third-order valence-corrected chi connectivity index (χ3v) is 5.00. The van der Waals surface area contributed by atoms with Crippen LogP contribution in [0.2, 0.25) is 0 Å². The number of nitrogens with two attached hydrogens (primary N) is 1. The number of ether oxygens (including phenoxy) is 1. The summed E-state index contributed by atoms with van der Waals surface area (Å²) in [6.07, 6.45) is 1.61. The van der Waals surface area contributed by atoms with Crippen LogP contribution >= 0.6 is 0 Å². The summed E-state index contributed by atoms with van der Waals surface area (Å²) in [7, 11) is 0. The lowest BCUT2D eigenvalue weighted by Gasteiger charge is -2.10. The van der Waals surface area contributed by atoms with Crippen LogP contribution in [0, 0.1) is 0 Å². The highest BCUT2D eigenvalue weighted by Gasteiger charge is 2.19. The van der Waals surface area contributed by atoms with Gasteiger partial charge in [0.15, 0.2) is 17.3 Å². The minimum absolute atomic E-state index is 0.162. The summed E-state index contributed by atoms with van der Waals surface area (Å²) in [5, 5.41) is 13.0. The van der Waals surface area contributed by atoms with Gasteiger partial charge in [-0.05, 0) is 41.5 Å². The van der Waals surface area contributed by atoms with E-state index in [-0.39, 0.29) is 11.8 Å². The van der Waals surface area contributed by atoms with Crippen molar-refractivity contribution in [3.8, 4) is 23.1 Å². The number of amides is 2. The molecule has 2 amide bonds. The first-order valence-electron chi connectivity index (χ1n) is 10.5. The number of nitrogen functional groups attached to an aromatic ring is 1.